The fraction of sp³-hybridized carbons (Fsp3) is 0.533. The molecule has 18 heavy (non-hydrogen) atoms. The van der Waals surface area contributed by atoms with E-state index in [-0.39, 0.29) is 0 Å². The molecule has 0 bridgehead atoms. The molecule has 0 amide bonds. The zero-order valence-electron chi connectivity index (χ0n) is 11.0. The van der Waals surface area contributed by atoms with Gasteiger partial charge in [-0.3, -0.25) is 0 Å². The van der Waals surface area contributed by atoms with Gasteiger partial charge in [0.2, 0.25) is 0 Å². The van der Waals surface area contributed by atoms with Crippen LogP contribution in [0.1, 0.15) is 44.6 Å². The van der Waals surface area contributed by atoms with Gasteiger partial charge >= 0.3 is 0 Å². The van der Waals surface area contributed by atoms with Crippen molar-refractivity contribution in [1.29, 1.82) is 5.26 Å². The van der Waals surface area contributed by atoms with Crippen molar-refractivity contribution < 1.29 is 0 Å². The Hall–Kier alpha value is -1.69. The van der Waals surface area contributed by atoms with Gasteiger partial charge in [-0.2, -0.15) is 5.26 Å². The van der Waals surface area contributed by atoms with E-state index in [1.54, 1.807) is 6.07 Å². The van der Waals surface area contributed by atoms with Crippen LogP contribution in [0.3, 0.4) is 0 Å². The lowest BCUT2D eigenvalue weighted by atomic mass is 9.83. The van der Waals surface area contributed by atoms with Gasteiger partial charge < -0.3 is 11.1 Å². The first-order chi connectivity index (χ1) is 8.69. The third-order valence-electron chi connectivity index (χ3n) is 4.25. The van der Waals surface area contributed by atoms with Crippen molar-refractivity contribution >= 4 is 11.4 Å². The molecular weight excluding hydrogens is 222 g/mol. The Morgan fingerprint density at radius 2 is 2.11 bits per heavy atom. The van der Waals surface area contributed by atoms with Gasteiger partial charge in [0.15, 0.2) is 0 Å². The first-order valence-electron chi connectivity index (χ1n) is 6.73. The fourth-order valence-corrected chi connectivity index (χ4v) is 2.86. The molecule has 0 saturated heterocycles. The molecule has 1 aliphatic rings. The van der Waals surface area contributed by atoms with E-state index in [0.717, 1.165) is 12.2 Å². The van der Waals surface area contributed by atoms with E-state index < -0.39 is 0 Å². The highest BCUT2D eigenvalue weighted by molar-refractivity contribution is 5.68. The zero-order chi connectivity index (χ0) is 13.0. The molecule has 96 valence electrons. The molecule has 0 spiro atoms. The molecule has 3 N–H and O–H groups in total. The molecule has 0 aliphatic heterocycles. The van der Waals surface area contributed by atoms with Crippen LogP contribution in [0.15, 0.2) is 18.2 Å². The minimum absolute atomic E-state index is 0.445. The van der Waals surface area contributed by atoms with Crippen molar-refractivity contribution in [1.82, 2.24) is 0 Å². The number of benzene rings is 1. The van der Waals surface area contributed by atoms with Gasteiger partial charge in [-0.1, -0.05) is 19.8 Å². The second kappa shape index (κ2) is 5.30. The maximum Gasteiger partial charge on any atom is 0.0992 e. The van der Waals surface area contributed by atoms with Crippen LogP contribution in [-0.4, -0.2) is 6.54 Å². The third-order valence-corrected chi connectivity index (χ3v) is 4.25. The van der Waals surface area contributed by atoms with E-state index in [1.165, 1.54) is 32.1 Å². The molecular formula is C15H21N3. The smallest absolute Gasteiger partial charge is 0.0992 e. The molecule has 0 heterocycles. The van der Waals surface area contributed by atoms with Crippen molar-refractivity contribution in [3.8, 4) is 6.07 Å². The number of nitrogen functional groups attached to an aromatic ring is 1. The van der Waals surface area contributed by atoms with Crippen molar-refractivity contribution in [2.75, 3.05) is 17.6 Å². The van der Waals surface area contributed by atoms with Gasteiger partial charge in [-0.15, -0.1) is 0 Å². The fourth-order valence-electron chi connectivity index (χ4n) is 2.86. The molecule has 1 aromatic carbocycles. The minimum atomic E-state index is 0.445. The lowest BCUT2D eigenvalue weighted by Crippen LogP contribution is -2.26. The van der Waals surface area contributed by atoms with E-state index >= 15 is 0 Å². The van der Waals surface area contributed by atoms with E-state index in [1.807, 2.05) is 12.1 Å². The van der Waals surface area contributed by atoms with Crippen molar-refractivity contribution in [2.45, 2.75) is 39.0 Å². The number of nitrogens with one attached hydrogen (secondary N) is 1. The number of rotatable bonds is 4. The number of nitrogens with two attached hydrogens (primary N) is 1. The largest absolute Gasteiger partial charge is 0.397 e. The Morgan fingerprint density at radius 1 is 1.39 bits per heavy atom. The van der Waals surface area contributed by atoms with Gasteiger partial charge in [-0.25, -0.2) is 0 Å². The average molecular weight is 243 g/mol. The van der Waals surface area contributed by atoms with Crippen LogP contribution in [0.25, 0.3) is 0 Å². The van der Waals surface area contributed by atoms with E-state index in [9.17, 15) is 0 Å². The van der Waals surface area contributed by atoms with E-state index in [0.29, 0.717) is 16.7 Å². The monoisotopic (exact) mass is 243 g/mol. The zero-order valence-corrected chi connectivity index (χ0v) is 11.0. The van der Waals surface area contributed by atoms with Crippen molar-refractivity contribution in [2.24, 2.45) is 5.41 Å². The maximum atomic E-state index is 8.81. The minimum Gasteiger partial charge on any atom is -0.397 e. The van der Waals surface area contributed by atoms with Crippen molar-refractivity contribution in [3.05, 3.63) is 23.8 Å². The maximum absolute atomic E-state index is 8.81. The Labute approximate surface area is 109 Å². The summed E-state index contributed by atoms with van der Waals surface area (Å²) in [6, 6.07) is 7.56. The average Bonchev–Trinajstić information content (AvgIpc) is 2.86. The van der Waals surface area contributed by atoms with Gasteiger partial charge in [0.05, 0.1) is 23.0 Å². The van der Waals surface area contributed by atoms with Crippen LogP contribution >= 0.6 is 0 Å². The number of hydrogen-bond acceptors (Lipinski definition) is 3. The summed E-state index contributed by atoms with van der Waals surface area (Å²) >= 11 is 0. The number of hydrogen-bond donors (Lipinski definition) is 2. The lowest BCUT2D eigenvalue weighted by Gasteiger charge is -2.28. The lowest BCUT2D eigenvalue weighted by molar-refractivity contribution is 0.307. The third kappa shape index (κ3) is 2.59. The van der Waals surface area contributed by atoms with Gasteiger partial charge in [0.1, 0.15) is 0 Å². The molecule has 0 unspecified atom stereocenters. The molecule has 3 nitrogen and oxygen atoms in total. The van der Waals surface area contributed by atoms with E-state index in [2.05, 4.69) is 18.3 Å². The Kier molecular flexibility index (Phi) is 3.76. The predicted molar refractivity (Wildman–Crippen MR) is 75.3 cm³/mol. The topological polar surface area (TPSA) is 61.8 Å². The van der Waals surface area contributed by atoms with Crippen LogP contribution in [-0.2, 0) is 0 Å². The summed E-state index contributed by atoms with van der Waals surface area (Å²) < 4.78 is 0. The van der Waals surface area contributed by atoms with Crippen LogP contribution in [0.5, 0.6) is 0 Å². The molecule has 1 aliphatic carbocycles. The van der Waals surface area contributed by atoms with Crippen LogP contribution in [0.4, 0.5) is 11.4 Å². The highest BCUT2D eigenvalue weighted by atomic mass is 14.9. The summed E-state index contributed by atoms with van der Waals surface area (Å²) in [7, 11) is 0. The summed E-state index contributed by atoms with van der Waals surface area (Å²) in [5.74, 6) is 0. The molecule has 1 aromatic rings. The molecule has 1 fully saturated rings. The second-order valence-electron chi connectivity index (χ2n) is 5.33. The summed E-state index contributed by atoms with van der Waals surface area (Å²) in [5, 5.41) is 12.3. The SMILES string of the molecule is CCC1(CNc2ccc(C#N)cc2N)CCCC1. The first-order valence-corrected chi connectivity index (χ1v) is 6.73. The normalized spacial score (nSPS) is 17.3. The first kappa shape index (κ1) is 12.8. The second-order valence-corrected chi connectivity index (χ2v) is 5.33. The quantitative estimate of drug-likeness (QED) is 0.795. The van der Waals surface area contributed by atoms with Gasteiger partial charge in [0, 0.05) is 6.54 Å². The Balaban J connectivity index is 2.04. The summed E-state index contributed by atoms with van der Waals surface area (Å²) in [6.07, 6.45) is 6.53. The predicted octanol–water partition coefficient (Wildman–Crippen LogP) is 3.52. The highest BCUT2D eigenvalue weighted by Crippen LogP contribution is 2.41. The molecule has 2 rings (SSSR count). The molecule has 0 aromatic heterocycles. The summed E-state index contributed by atoms with van der Waals surface area (Å²) in [6.45, 7) is 3.26. The number of nitriles is 1. The number of anilines is 2. The highest BCUT2D eigenvalue weighted by Gasteiger charge is 2.31. The standard InChI is InChI=1S/C15H21N3/c1-2-15(7-3-4-8-15)11-18-14-6-5-12(10-16)9-13(14)17/h5-6,9,18H,2-4,7-8,11,17H2,1H3. The van der Waals surface area contributed by atoms with Crippen LogP contribution in [0, 0.1) is 16.7 Å². The van der Waals surface area contributed by atoms with Gasteiger partial charge in [-0.05, 0) is 42.9 Å². The molecule has 0 atom stereocenters. The molecule has 3 heteroatoms. The molecule has 0 radical (unpaired) electrons. The molecule has 1 saturated carbocycles. The Bertz CT molecular complexity index is 453. The Morgan fingerprint density at radius 3 is 2.67 bits per heavy atom. The number of nitrogens with zero attached hydrogens (tertiary/aromatic N) is 1. The van der Waals surface area contributed by atoms with Crippen LogP contribution in [0.2, 0.25) is 0 Å². The summed E-state index contributed by atoms with van der Waals surface area (Å²) in [4.78, 5) is 0. The summed E-state index contributed by atoms with van der Waals surface area (Å²) in [5.41, 5.74) is 8.63. The van der Waals surface area contributed by atoms with Crippen LogP contribution < -0.4 is 11.1 Å². The van der Waals surface area contributed by atoms with Gasteiger partial charge in [0.25, 0.3) is 0 Å². The van der Waals surface area contributed by atoms with E-state index in [4.69, 9.17) is 11.0 Å². The van der Waals surface area contributed by atoms with Crippen molar-refractivity contribution in [3.63, 3.8) is 0 Å².